The minimum absolute atomic E-state index is 0. The molecule has 0 aliphatic rings. The third-order valence-electron chi connectivity index (χ3n) is 2.03. The molecular formula is C11H34O4Si4. The molecule has 0 aliphatic carbocycles. The summed E-state index contributed by atoms with van der Waals surface area (Å²) in [6.45, 7) is 19.0. The first-order valence-electron chi connectivity index (χ1n) is 6.34. The predicted molar refractivity (Wildman–Crippen MR) is 92.8 cm³/mol. The van der Waals surface area contributed by atoms with Crippen LogP contribution in [0, 0.1) is 0 Å². The Kier molecular flexibility index (Phi) is 8.24. The number of hydrogen-bond donors (Lipinski definition) is 0. The van der Waals surface area contributed by atoms with Gasteiger partial charge in [0.05, 0.1) is 0 Å². The summed E-state index contributed by atoms with van der Waals surface area (Å²) in [6, 6.07) is 0. The molecule has 0 bridgehead atoms. The zero-order valence-corrected chi connectivity index (χ0v) is 17.6. The maximum absolute atomic E-state index is 6.26. The Morgan fingerprint density at radius 2 is 0.842 bits per heavy atom. The zero-order chi connectivity index (χ0) is 14.8. The molecule has 0 fully saturated rings. The molecule has 0 amide bonds. The second-order valence-corrected chi connectivity index (χ2v) is 22.3. The van der Waals surface area contributed by atoms with Crippen LogP contribution in [0.25, 0.3) is 0 Å². The molecule has 0 spiro atoms. The van der Waals surface area contributed by atoms with Gasteiger partial charge in [0.1, 0.15) is 0 Å². The third kappa shape index (κ3) is 11.1. The largest absolute Gasteiger partial charge is 0.437 e. The molecule has 0 atom stereocenters. The van der Waals surface area contributed by atoms with E-state index in [4.69, 9.17) is 16.8 Å². The molecule has 0 aromatic carbocycles. The molecule has 0 saturated carbocycles. The average Bonchev–Trinajstić information content (AvgIpc) is 1.93. The summed E-state index contributed by atoms with van der Waals surface area (Å²) >= 11 is 0. The molecular weight excluding hydrogens is 308 g/mol. The number of hydrogen-bond acceptors (Lipinski definition) is 4. The van der Waals surface area contributed by atoms with Crippen molar-refractivity contribution in [1.29, 1.82) is 0 Å². The van der Waals surface area contributed by atoms with Gasteiger partial charge in [0.15, 0.2) is 8.32 Å². The minimum Gasteiger partial charge on any atom is -0.437 e. The van der Waals surface area contributed by atoms with Crippen LogP contribution in [0.1, 0.15) is 7.43 Å². The van der Waals surface area contributed by atoms with Crippen LogP contribution in [0.5, 0.6) is 0 Å². The van der Waals surface area contributed by atoms with Crippen molar-refractivity contribution >= 4 is 34.0 Å². The van der Waals surface area contributed by atoms with Gasteiger partial charge in [0.25, 0.3) is 0 Å². The second kappa shape index (κ2) is 7.12. The van der Waals surface area contributed by atoms with E-state index in [0.717, 1.165) is 0 Å². The van der Waals surface area contributed by atoms with Crippen molar-refractivity contribution in [2.45, 2.75) is 66.3 Å². The summed E-state index contributed by atoms with van der Waals surface area (Å²) in [5.74, 6) is 0. The van der Waals surface area contributed by atoms with Crippen molar-refractivity contribution < 1.29 is 16.8 Å². The minimum atomic E-state index is -2.20. The van der Waals surface area contributed by atoms with Crippen LogP contribution in [-0.4, -0.2) is 41.1 Å². The lowest BCUT2D eigenvalue weighted by Gasteiger charge is -2.39. The molecule has 0 unspecified atom stereocenters. The molecule has 0 rings (SSSR count). The molecule has 0 radical (unpaired) electrons. The van der Waals surface area contributed by atoms with E-state index >= 15 is 0 Å². The fraction of sp³-hybridized carbons (Fsp3) is 1.00. The van der Waals surface area contributed by atoms with Crippen molar-refractivity contribution in [3.63, 3.8) is 0 Å². The SMILES string of the molecule is C.CO[Si](C)(C)O[Si](C)(C)O[Si](C)(C)O[Si](C)(C)C. The third-order valence-corrected chi connectivity index (χ3v) is 15.3. The quantitative estimate of drug-likeness (QED) is 0.648. The highest BCUT2D eigenvalue weighted by molar-refractivity contribution is 6.88. The first-order valence-corrected chi connectivity index (χ1v) is 18.2. The topological polar surface area (TPSA) is 36.9 Å². The fourth-order valence-corrected chi connectivity index (χ4v) is 18.8. The Balaban J connectivity index is 0. The van der Waals surface area contributed by atoms with Crippen LogP contribution >= 0.6 is 0 Å². The highest BCUT2D eigenvalue weighted by Crippen LogP contribution is 2.23. The molecule has 0 aromatic rings. The molecule has 0 aromatic heterocycles. The van der Waals surface area contributed by atoms with Gasteiger partial charge in [0, 0.05) is 7.11 Å². The Labute approximate surface area is 124 Å². The van der Waals surface area contributed by atoms with Gasteiger partial charge in [-0.05, 0) is 58.9 Å². The van der Waals surface area contributed by atoms with E-state index in [1.165, 1.54) is 0 Å². The van der Waals surface area contributed by atoms with Crippen LogP contribution in [-0.2, 0) is 16.8 Å². The summed E-state index contributed by atoms with van der Waals surface area (Å²) in [7, 11) is -6.25. The summed E-state index contributed by atoms with van der Waals surface area (Å²) in [6.07, 6.45) is 0. The number of rotatable bonds is 7. The monoisotopic (exact) mass is 342 g/mol. The molecule has 19 heavy (non-hydrogen) atoms. The molecule has 0 aliphatic heterocycles. The smallest absolute Gasteiger partial charge is 0.322 e. The van der Waals surface area contributed by atoms with E-state index in [0.29, 0.717) is 0 Å². The van der Waals surface area contributed by atoms with Crippen molar-refractivity contribution in [2.24, 2.45) is 0 Å². The van der Waals surface area contributed by atoms with Gasteiger partial charge >= 0.3 is 25.7 Å². The van der Waals surface area contributed by atoms with E-state index in [1.807, 2.05) is 13.1 Å². The normalized spacial score (nSPS) is 14.2. The summed E-state index contributed by atoms with van der Waals surface area (Å²) in [4.78, 5) is 0. The van der Waals surface area contributed by atoms with E-state index in [-0.39, 0.29) is 7.43 Å². The molecule has 0 N–H and O–H groups in total. The van der Waals surface area contributed by atoms with E-state index in [1.54, 1.807) is 7.11 Å². The van der Waals surface area contributed by atoms with E-state index in [9.17, 15) is 0 Å². The van der Waals surface area contributed by atoms with Gasteiger partial charge in [-0.25, -0.2) is 0 Å². The highest BCUT2D eigenvalue weighted by atomic mass is 28.5. The van der Waals surface area contributed by atoms with Crippen LogP contribution in [0.15, 0.2) is 0 Å². The highest BCUT2D eigenvalue weighted by Gasteiger charge is 2.42. The fourth-order valence-electron chi connectivity index (χ4n) is 2.00. The standard InChI is InChI=1S/C10H30O4Si4.CH4/c1-11-16(5,6)13-18(9,10)14-17(7,8)12-15(2,3)4;/h1-10H3;1H4. The predicted octanol–water partition coefficient (Wildman–Crippen LogP) is 4.26. The van der Waals surface area contributed by atoms with Crippen molar-refractivity contribution in [2.75, 3.05) is 7.11 Å². The molecule has 0 heterocycles. The Hall–Kier alpha value is 0.708. The zero-order valence-electron chi connectivity index (χ0n) is 13.6. The van der Waals surface area contributed by atoms with Crippen molar-refractivity contribution in [1.82, 2.24) is 0 Å². The summed E-state index contributed by atoms with van der Waals surface area (Å²) in [5.41, 5.74) is 0. The van der Waals surface area contributed by atoms with Crippen molar-refractivity contribution in [3.05, 3.63) is 0 Å². The van der Waals surface area contributed by atoms with Crippen LogP contribution in [0.2, 0.25) is 58.9 Å². The van der Waals surface area contributed by atoms with Gasteiger partial charge in [-0.15, -0.1) is 0 Å². The Morgan fingerprint density at radius 3 is 1.16 bits per heavy atom. The van der Waals surface area contributed by atoms with Crippen LogP contribution in [0.3, 0.4) is 0 Å². The van der Waals surface area contributed by atoms with Gasteiger partial charge in [-0.3, -0.25) is 0 Å². The van der Waals surface area contributed by atoms with Crippen LogP contribution < -0.4 is 0 Å². The average molecular weight is 343 g/mol. The maximum Gasteiger partial charge on any atom is 0.322 e. The van der Waals surface area contributed by atoms with E-state index < -0.39 is 34.0 Å². The lowest BCUT2D eigenvalue weighted by atomic mass is 11.8. The molecule has 0 saturated heterocycles. The van der Waals surface area contributed by atoms with E-state index in [2.05, 4.69) is 45.8 Å². The molecule has 8 heteroatoms. The second-order valence-electron chi connectivity index (χ2n) is 6.82. The first-order chi connectivity index (χ1) is 7.68. The molecule has 4 nitrogen and oxygen atoms in total. The Morgan fingerprint density at radius 1 is 0.526 bits per heavy atom. The van der Waals surface area contributed by atoms with Crippen LogP contribution in [0.4, 0.5) is 0 Å². The lowest BCUT2D eigenvalue weighted by molar-refractivity contribution is 0.266. The maximum atomic E-state index is 6.26. The summed E-state index contributed by atoms with van der Waals surface area (Å²) < 4.78 is 24.0. The molecule has 118 valence electrons. The lowest BCUT2D eigenvalue weighted by Crippen LogP contribution is -2.56. The van der Waals surface area contributed by atoms with Gasteiger partial charge in [-0.2, -0.15) is 0 Å². The van der Waals surface area contributed by atoms with Gasteiger partial charge < -0.3 is 16.8 Å². The van der Waals surface area contributed by atoms with Gasteiger partial charge in [-0.1, -0.05) is 7.43 Å². The van der Waals surface area contributed by atoms with Crippen molar-refractivity contribution in [3.8, 4) is 0 Å². The summed E-state index contributed by atoms with van der Waals surface area (Å²) in [5, 5.41) is 0. The first kappa shape index (κ1) is 22.0. The Bertz CT molecular complexity index is 274. The van der Waals surface area contributed by atoms with Gasteiger partial charge in [0.2, 0.25) is 0 Å².